The van der Waals surface area contributed by atoms with Crippen molar-refractivity contribution in [3.8, 4) is 0 Å². The van der Waals surface area contributed by atoms with E-state index in [4.69, 9.17) is 0 Å². The summed E-state index contributed by atoms with van der Waals surface area (Å²) in [6, 6.07) is 0. The van der Waals surface area contributed by atoms with Crippen LogP contribution in [0.4, 0.5) is 0 Å². The van der Waals surface area contributed by atoms with Gasteiger partial charge in [-0.25, -0.2) is 0 Å². The number of hydrogen-bond donors (Lipinski definition) is 2. The fraction of sp³-hybridized carbons (Fsp3) is 1.00. The molecule has 0 spiro atoms. The molecule has 1 saturated carbocycles. The molecular weight excluding hydrogens is 142 g/mol. The second-order valence-electron chi connectivity index (χ2n) is 3.10. The molecule has 1 nitrogen and oxygen atoms in total. The molecule has 60 valence electrons. The van der Waals surface area contributed by atoms with E-state index in [-0.39, 0.29) is 0 Å². The highest BCUT2D eigenvalue weighted by Crippen LogP contribution is 2.26. The summed E-state index contributed by atoms with van der Waals surface area (Å²) in [7, 11) is 0. The highest BCUT2D eigenvalue weighted by Gasteiger charge is 2.13. The Morgan fingerprint density at radius 2 is 2.00 bits per heavy atom. The zero-order valence-corrected chi connectivity index (χ0v) is 7.37. The molecule has 1 fully saturated rings. The maximum atomic E-state index is 4.09. The summed E-state index contributed by atoms with van der Waals surface area (Å²) < 4.78 is 0. The second-order valence-corrected chi connectivity index (χ2v) is 3.41. The van der Waals surface area contributed by atoms with Crippen molar-refractivity contribution in [2.45, 2.75) is 32.1 Å². The van der Waals surface area contributed by atoms with Crippen molar-refractivity contribution in [3.05, 3.63) is 0 Å². The van der Waals surface area contributed by atoms with E-state index in [1.54, 1.807) is 0 Å². The van der Waals surface area contributed by atoms with Crippen molar-refractivity contribution in [1.82, 2.24) is 5.32 Å². The SMILES string of the molecule is SCNCCC1CCCC1. The van der Waals surface area contributed by atoms with Gasteiger partial charge in [-0.2, -0.15) is 12.6 Å². The zero-order chi connectivity index (χ0) is 7.23. The van der Waals surface area contributed by atoms with Gasteiger partial charge in [-0.15, -0.1) is 0 Å². The summed E-state index contributed by atoms with van der Waals surface area (Å²) in [6.07, 6.45) is 7.22. The molecular formula is C8H17NS. The van der Waals surface area contributed by atoms with Gasteiger partial charge in [0.2, 0.25) is 0 Å². The zero-order valence-electron chi connectivity index (χ0n) is 6.47. The van der Waals surface area contributed by atoms with E-state index >= 15 is 0 Å². The molecule has 0 aromatic heterocycles. The quantitative estimate of drug-likeness (QED) is 0.363. The van der Waals surface area contributed by atoms with Gasteiger partial charge < -0.3 is 5.32 Å². The highest BCUT2D eigenvalue weighted by atomic mass is 32.1. The topological polar surface area (TPSA) is 12.0 Å². The van der Waals surface area contributed by atoms with Crippen molar-refractivity contribution in [2.75, 3.05) is 12.4 Å². The van der Waals surface area contributed by atoms with Gasteiger partial charge in [-0.05, 0) is 18.9 Å². The van der Waals surface area contributed by atoms with Crippen molar-refractivity contribution in [2.24, 2.45) is 5.92 Å². The molecule has 1 N–H and O–H groups in total. The van der Waals surface area contributed by atoms with Crippen LogP contribution >= 0.6 is 12.6 Å². The molecule has 0 heterocycles. The van der Waals surface area contributed by atoms with Crippen molar-refractivity contribution in [3.63, 3.8) is 0 Å². The van der Waals surface area contributed by atoms with Crippen LogP contribution in [0.2, 0.25) is 0 Å². The van der Waals surface area contributed by atoms with Crippen molar-refractivity contribution in [1.29, 1.82) is 0 Å². The maximum Gasteiger partial charge on any atom is 0.0387 e. The van der Waals surface area contributed by atoms with Crippen LogP contribution in [0.15, 0.2) is 0 Å². The minimum Gasteiger partial charge on any atom is -0.308 e. The van der Waals surface area contributed by atoms with E-state index in [9.17, 15) is 0 Å². The van der Waals surface area contributed by atoms with Gasteiger partial charge in [0, 0.05) is 5.88 Å². The van der Waals surface area contributed by atoms with Crippen LogP contribution in [0, 0.1) is 5.92 Å². The van der Waals surface area contributed by atoms with Crippen LogP contribution in [0.5, 0.6) is 0 Å². The lowest BCUT2D eigenvalue weighted by atomic mass is 10.0. The maximum absolute atomic E-state index is 4.09. The predicted molar refractivity (Wildman–Crippen MR) is 48.4 cm³/mol. The van der Waals surface area contributed by atoms with E-state index in [1.807, 2.05) is 0 Å². The Labute approximate surface area is 69.0 Å². The van der Waals surface area contributed by atoms with Crippen LogP contribution in [0.1, 0.15) is 32.1 Å². The lowest BCUT2D eigenvalue weighted by Gasteiger charge is -2.07. The summed E-state index contributed by atoms with van der Waals surface area (Å²) in [5, 5.41) is 3.24. The number of thiol groups is 1. The first-order valence-corrected chi connectivity index (χ1v) is 4.88. The van der Waals surface area contributed by atoms with Crippen LogP contribution in [0.25, 0.3) is 0 Å². The summed E-state index contributed by atoms with van der Waals surface area (Å²) >= 11 is 4.09. The predicted octanol–water partition coefficient (Wildman–Crippen LogP) is 2.04. The molecule has 1 aliphatic carbocycles. The Balaban J connectivity index is 1.91. The molecule has 0 unspecified atom stereocenters. The van der Waals surface area contributed by atoms with Crippen LogP contribution in [-0.4, -0.2) is 12.4 Å². The molecule has 1 aliphatic rings. The summed E-state index contributed by atoms with van der Waals surface area (Å²) in [6.45, 7) is 1.16. The van der Waals surface area contributed by atoms with E-state index in [0.717, 1.165) is 18.3 Å². The van der Waals surface area contributed by atoms with E-state index in [1.165, 1.54) is 32.1 Å². The second kappa shape index (κ2) is 5.03. The smallest absolute Gasteiger partial charge is 0.0387 e. The Kier molecular flexibility index (Phi) is 4.23. The molecule has 0 aliphatic heterocycles. The summed E-state index contributed by atoms with van der Waals surface area (Å²) in [5.74, 6) is 1.85. The van der Waals surface area contributed by atoms with Crippen LogP contribution in [0.3, 0.4) is 0 Å². The first-order chi connectivity index (χ1) is 4.93. The van der Waals surface area contributed by atoms with Crippen molar-refractivity contribution >= 4 is 12.6 Å². The highest BCUT2D eigenvalue weighted by molar-refractivity contribution is 7.80. The van der Waals surface area contributed by atoms with Gasteiger partial charge >= 0.3 is 0 Å². The molecule has 1 rings (SSSR count). The van der Waals surface area contributed by atoms with Gasteiger partial charge in [-0.3, -0.25) is 0 Å². The third-order valence-corrected chi connectivity index (χ3v) is 2.54. The molecule has 0 radical (unpaired) electrons. The normalized spacial score (nSPS) is 20.1. The first kappa shape index (κ1) is 8.41. The lowest BCUT2D eigenvalue weighted by molar-refractivity contribution is 0.489. The fourth-order valence-corrected chi connectivity index (χ4v) is 1.84. The van der Waals surface area contributed by atoms with Gasteiger partial charge in [0.25, 0.3) is 0 Å². The summed E-state index contributed by atoms with van der Waals surface area (Å²) in [5.41, 5.74) is 0. The lowest BCUT2D eigenvalue weighted by Crippen LogP contribution is -2.15. The van der Waals surface area contributed by atoms with E-state index in [2.05, 4.69) is 17.9 Å². The Hall–Kier alpha value is 0.310. The molecule has 0 aromatic rings. The molecule has 0 amide bonds. The standard InChI is InChI=1S/C8H17NS/c10-7-9-6-5-8-3-1-2-4-8/h8-10H,1-7H2. The van der Waals surface area contributed by atoms with Gasteiger partial charge in [0.1, 0.15) is 0 Å². The average molecular weight is 159 g/mol. The Morgan fingerprint density at radius 3 is 2.60 bits per heavy atom. The molecule has 2 heteroatoms. The third kappa shape index (κ3) is 2.93. The molecule has 0 bridgehead atoms. The fourth-order valence-electron chi connectivity index (χ4n) is 1.68. The summed E-state index contributed by atoms with van der Waals surface area (Å²) in [4.78, 5) is 0. The van der Waals surface area contributed by atoms with Gasteiger partial charge in [0.15, 0.2) is 0 Å². The monoisotopic (exact) mass is 159 g/mol. The first-order valence-electron chi connectivity index (χ1n) is 4.25. The van der Waals surface area contributed by atoms with Crippen molar-refractivity contribution < 1.29 is 0 Å². The van der Waals surface area contributed by atoms with Gasteiger partial charge in [0.05, 0.1) is 0 Å². The number of hydrogen-bond acceptors (Lipinski definition) is 2. The van der Waals surface area contributed by atoms with E-state index < -0.39 is 0 Å². The molecule has 0 saturated heterocycles. The number of rotatable bonds is 4. The largest absolute Gasteiger partial charge is 0.308 e. The molecule has 0 atom stereocenters. The minimum atomic E-state index is 0.826. The number of nitrogens with one attached hydrogen (secondary N) is 1. The van der Waals surface area contributed by atoms with Crippen LogP contribution in [-0.2, 0) is 0 Å². The Bertz CT molecular complexity index is 79.3. The molecule has 0 aromatic carbocycles. The van der Waals surface area contributed by atoms with E-state index in [0.29, 0.717) is 0 Å². The molecule has 10 heavy (non-hydrogen) atoms. The Morgan fingerprint density at radius 1 is 1.30 bits per heavy atom. The third-order valence-electron chi connectivity index (χ3n) is 2.32. The van der Waals surface area contributed by atoms with Crippen LogP contribution < -0.4 is 5.32 Å². The minimum absolute atomic E-state index is 0.826. The van der Waals surface area contributed by atoms with Gasteiger partial charge in [-0.1, -0.05) is 25.7 Å². The average Bonchev–Trinajstić information content (AvgIpc) is 2.41.